The summed E-state index contributed by atoms with van der Waals surface area (Å²) in [4.78, 5) is 12.9. The molecule has 3 rings (SSSR count). The number of hydrogen-bond donors (Lipinski definition) is 0. The third-order valence-corrected chi connectivity index (χ3v) is 3.66. The van der Waals surface area contributed by atoms with Gasteiger partial charge in [0.2, 0.25) is 11.2 Å². The van der Waals surface area contributed by atoms with E-state index in [9.17, 15) is 4.79 Å². The fourth-order valence-corrected chi connectivity index (χ4v) is 2.62. The predicted molar refractivity (Wildman–Crippen MR) is 92.2 cm³/mol. The molecule has 0 fully saturated rings. The van der Waals surface area contributed by atoms with E-state index in [2.05, 4.69) is 0 Å². The van der Waals surface area contributed by atoms with Crippen molar-refractivity contribution in [2.24, 2.45) is 0 Å². The number of benzene rings is 2. The first kappa shape index (κ1) is 15.9. The number of ether oxygens (including phenoxy) is 3. The normalized spacial score (nSPS) is 10.6. The Morgan fingerprint density at radius 3 is 2.42 bits per heavy atom. The van der Waals surface area contributed by atoms with Crippen LogP contribution >= 0.6 is 0 Å². The van der Waals surface area contributed by atoms with Crippen LogP contribution in [0.2, 0.25) is 0 Å². The highest BCUT2D eigenvalue weighted by Gasteiger charge is 2.20. The Morgan fingerprint density at radius 2 is 1.79 bits per heavy atom. The van der Waals surface area contributed by atoms with E-state index < -0.39 is 0 Å². The molecular weight excluding hydrogens is 308 g/mol. The lowest BCUT2D eigenvalue weighted by molar-refractivity contribution is 0.336. The van der Waals surface area contributed by atoms with Gasteiger partial charge in [-0.2, -0.15) is 0 Å². The molecule has 0 bridgehead atoms. The second kappa shape index (κ2) is 6.66. The van der Waals surface area contributed by atoms with E-state index in [1.807, 2.05) is 37.3 Å². The van der Waals surface area contributed by atoms with Gasteiger partial charge in [-0.05, 0) is 6.92 Å². The van der Waals surface area contributed by atoms with E-state index in [1.54, 1.807) is 12.1 Å². The average Bonchev–Trinajstić information content (AvgIpc) is 2.61. The maximum atomic E-state index is 12.9. The second-order valence-corrected chi connectivity index (χ2v) is 5.09. The quantitative estimate of drug-likeness (QED) is 0.712. The molecule has 0 spiro atoms. The van der Waals surface area contributed by atoms with Crippen LogP contribution in [0.4, 0.5) is 0 Å². The van der Waals surface area contributed by atoms with Gasteiger partial charge in [-0.3, -0.25) is 4.79 Å². The van der Waals surface area contributed by atoms with Crippen molar-refractivity contribution >= 4 is 11.0 Å². The standard InChI is InChI=1S/C19H18O5/c1-4-23-13-10-14(21-2)16-15(11-13)24-18(19(22-3)17(16)20)12-8-6-5-7-9-12/h5-11H,4H2,1-3H3. The van der Waals surface area contributed by atoms with Crippen molar-refractivity contribution in [3.05, 3.63) is 52.7 Å². The number of fused-ring (bicyclic) bond motifs is 1. The molecule has 0 aliphatic rings. The van der Waals surface area contributed by atoms with Crippen LogP contribution in [-0.2, 0) is 0 Å². The minimum Gasteiger partial charge on any atom is -0.496 e. The summed E-state index contributed by atoms with van der Waals surface area (Å²) in [6.45, 7) is 2.39. The summed E-state index contributed by atoms with van der Waals surface area (Å²) in [5, 5.41) is 0.331. The maximum absolute atomic E-state index is 12.9. The van der Waals surface area contributed by atoms with Crippen molar-refractivity contribution in [3.8, 4) is 28.6 Å². The smallest absolute Gasteiger partial charge is 0.239 e. The molecule has 0 amide bonds. The molecule has 1 heterocycles. The lowest BCUT2D eigenvalue weighted by Crippen LogP contribution is -2.09. The SMILES string of the molecule is CCOc1cc(OC)c2c(=O)c(OC)c(-c3ccccc3)oc2c1. The van der Waals surface area contributed by atoms with Crippen molar-refractivity contribution in [2.45, 2.75) is 6.92 Å². The van der Waals surface area contributed by atoms with Gasteiger partial charge in [-0.1, -0.05) is 30.3 Å². The van der Waals surface area contributed by atoms with E-state index >= 15 is 0 Å². The van der Waals surface area contributed by atoms with Crippen molar-refractivity contribution in [1.29, 1.82) is 0 Å². The molecule has 124 valence electrons. The minimum absolute atomic E-state index is 0.149. The highest BCUT2D eigenvalue weighted by Crippen LogP contribution is 2.36. The Labute approximate surface area is 139 Å². The highest BCUT2D eigenvalue weighted by molar-refractivity contribution is 5.88. The van der Waals surface area contributed by atoms with Gasteiger partial charge in [0.25, 0.3) is 0 Å². The van der Waals surface area contributed by atoms with Gasteiger partial charge in [-0.25, -0.2) is 0 Å². The Hall–Kier alpha value is -2.95. The monoisotopic (exact) mass is 326 g/mol. The van der Waals surface area contributed by atoms with Gasteiger partial charge in [0, 0.05) is 17.7 Å². The molecule has 3 aromatic rings. The van der Waals surface area contributed by atoms with Gasteiger partial charge in [0.1, 0.15) is 22.5 Å². The predicted octanol–water partition coefficient (Wildman–Crippen LogP) is 3.88. The zero-order valence-corrected chi connectivity index (χ0v) is 13.8. The number of hydrogen-bond acceptors (Lipinski definition) is 5. The zero-order chi connectivity index (χ0) is 17.1. The summed E-state index contributed by atoms with van der Waals surface area (Å²) >= 11 is 0. The maximum Gasteiger partial charge on any atom is 0.239 e. The van der Waals surface area contributed by atoms with E-state index in [1.165, 1.54) is 14.2 Å². The van der Waals surface area contributed by atoms with Gasteiger partial charge in [0.05, 0.1) is 20.8 Å². The lowest BCUT2D eigenvalue weighted by Gasteiger charge is -2.12. The first-order valence-corrected chi connectivity index (χ1v) is 7.60. The van der Waals surface area contributed by atoms with E-state index in [0.29, 0.717) is 34.8 Å². The summed E-state index contributed by atoms with van der Waals surface area (Å²) in [6.07, 6.45) is 0. The molecule has 0 radical (unpaired) electrons. The van der Waals surface area contributed by atoms with Gasteiger partial charge in [-0.15, -0.1) is 0 Å². The molecule has 5 nitrogen and oxygen atoms in total. The van der Waals surface area contributed by atoms with Crippen molar-refractivity contribution in [3.63, 3.8) is 0 Å². The summed E-state index contributed by atoms with van der Waals surface area (Å²) in [5.41, 5.74) is 0.870. The summed E-state index contributed by atoms with van der Waals surface area (Å²) in [5.74, 6) is 1.50. The van der Waals surface area contributed by atoms with Crippen molar-refractivity contribution < 1.29 is 18.6 Å². The Kier molecular flexibility index (Phi) is 4.42. The second-order valence-electron chi connectivity index (χ2n) is 5.09. The largest absolute Gasteiger partial charge is 0.496 e. The molecule has 0 atom stereocenters. The van der Waals surface area contributed by atoms with Crippen LogP contribution in [-0.4, -0.2) is 20.8 Å². The van der Waals surface area contributed by atoms with Crippen molar-refractivity contribution in [2.75, 3.05) is 20.8 Å². The topological polar surface area (TPSA) is 57.9 Å². The van der Waals surface area contributed by atoms with Crippen molar-refractivity contribution in [1.82, 2.24) is 0 Å². The van der Waals surface area contributed by atoms with Gasteiger partial charge >= 0.3 is 0 Å². The van der Waals surface area contributed by atoms with E-state index in [0.717, 1.165) is 5.56 Å². The van der Waals surface area contributed by atoms with Crippen LogP contribution in [0.5, 0.6) is 17.2 Å². The summed E-state index contributed by atoms with van der Waals surface area (Å²) in [7, 11) is 2.95. The molecule has 0 saturated carbocycles. The van der Waals surface area contributed by atoms with Crippen LogP contribution in [0, 0.1) is 0 Å². The summed E-state index contributed by atoms with van der Waals surface area (Å²) in [6, 6.07) is 12.7. The Balaban J connectivity index is 2.37. The summed E-state index contributed by atoms with van der Waals surface area (Å²) < 4.78 is 22.2. The molecule has 0 aliphatic carbocycles. The third-order valence-electron chi connectivity index (χ3n) is 3.66. The van der Waals surface area contributed by atoms with Crippen LogP contribution in [0.15, 0.2) is 51.7 Å². The molecule has 0 N–H and O–H groups in total. The van der Waals surface area contributed by atoms with Crippen LogP contribution in [0.25, 0.3) is 22.3 Å². The van der Waals surface area contributed by atoms with Crippen LogP contribution in [0.1, 0.15) is 6.92 Å². The third kappa shape index (κ3) is 2.69. The number of methoxy groups -OCH3 is 2. The highest BCUT2D eigenvalue weighted by atomic mass is 16.5. The fraction of sp³-hybridized carbons (Fsp3) is 0.211. The van der Waals surface area contributed by atoms with Gasteiger partial charge < -0.3 is 18.6 Å². The molecule has 5 heteroatoms. The molecule has 2 aromatic carbocycles. The average molecular weight is 326 g/mol. The minimum atomic E-state index is -0.280. The van der Waals surface area contributed by atoms with Crippen LogP contribution < -0.4 is 19.6 Å². The Bertz CT molecular complexity index is 912. The Morgan fingerprint density at radius 1 is 1.04 bits per heavy atom. The first-order valence-electron chi connectivity index (χ1n) is 7.60. The zero-order valence-electron chi connectivity index (χ0n) is 13.8. The molecule has 0 saturated heterocycles. The van der Waals surface area contributed by atoms with E-state index in [-0.39, 0.29) is 11.2 Å². The van der Waals surface area contributed by atoms with Gasteiger partial charge in [0.15, 0.2) is 5.76 Å². The first-order chi connectivity index (χ1) is 11.7. The molecular formula is C19H18O5. The van der Waals surface area contributed by atoms with Crippen LogP contribution in [0.3, 0.4) is 0 Å². The molecule has 1 aromatic heterocycles. The number of rotatable bonds is 5. The van der Waals surface area contributed by atoms with E-state index in [4.69, 9.17) is 18.6 Å². The fourth-order valence-electron chi connectivity index (χ4n) is 2.62. The molecule has 24 heavy (non-hydrogen) atoms. The molecule has 0 unspecified atom stereocenters. The lowest BCUT2D eigenvalue weighted by atomic mass is 10.1. The molecule has 0 aliphatic heterocycles.